The van der Waals surface area contributed by atoms with Crippen LogP contribution < -0.4 is 0 Å². The topological polar surface area (TPSA) is 0 Å². The van der Waals surface area contributed by atoms with Crippen LogP contribution in [0.25, 0.3) is 21.9 Å². The van der Waals surface area contributed by atoms with Crippen LogP contribution >= 0.6 is 0 Å². The Kier molecular flexibility index (Phi) is 2.48. The van der Waals surface area contributed by atoms with E-state index in [0.29, 0.717) is 5.92 Å². The van der Waals surface area contributed by atoms with Gasteiger partial charge in [0.05, 0.1) is 0 Å². The number of hydrogen-bond donors (Lipinski definition) is 0. The highest BCUT2D eigenvalue weighted by molar-refractivity contribution is 6.18. The molecule has 0 nitrogen and oxygen atoms in total. The molecule has 0 saturated heterocycles. The normalized spacial score (nSPS) is 18.7. The van der Waals surface area contributed by atoms with Gasteiger partial charge in [-0.25, -0.2) is 0 Å². The minimum absolute atomic E-state index is 0.0884. The first-order valence-corrected chi connectivity index (χ1v) is 8.49. The third kappa shape index (κ3) is 1.61. The van der Waals surface area contributed by atoms with Crippen molar-refractivity contribution in [2.45, 2.75) is 20.3 Å². The molecule has 0 amide bonds. The van der Waals surface area contributed by atoms with Gasteiger partial charge in [0.15, 0.2) is 0 Å². The molecule has 0 heteroatoms. The second kappa shape index (κ2) is 4.35. The van der Waals surface area contributed by atoms with Crippen LogP contribution in [0.2, 0.25) is 0 Å². The molecule has 0 atom stereocenters. The molecule has 2 aromatic carbocycles. The van der Waals surface area contributed by atoms with Crippen molar-refractivity contribution in [3.05, 3.63) is 83.5 Å². The zero-order chi connectivity index (χ0) is 15.6. The Morgan fingerprint density at radius 2 is 1.83 bits per heavy atom. The molecule has 0 radical (unpaired) electrons. The maximum absolute atomic E-state index is 2.40. The van der Waals surface area contributed by atoms with E-state index in [9.17, 15) is 0 Å². The Balaban J connectivity index is 1.86. The molecule has 0 saturated carbocycles. The van der Waals surface area contributed by atoms with E-state index in [1.165, 1.54) is 38.6 Å². The van der Waals surface area contributed by atoms with E-state index in [2.05, 4.69) is 80.6 Å². The molecule has 2 aromatic rings. The SMILES string of the molecule is CC(C)(C1=C2C=CCc3ccc4cccc1c4c32)C1C=CC=C1. The Hall–Kier alpha value is -2.34. The summed E-state index contributed by atoms with van der Waals surface area (Å²) in [5.41, 5.74) is 7.48. The smallest absolute Gasteiger partial charge is 0.00449 e. The molecule has 112 valence electrons. The minimum atomic E-state index is 0.0884. The molecule has 0 bridgehead atoms. The lowest BCUT2D eigenvalue weighted by Gasteiger charge is -2.33. The van der Waals surface area contributed by atoms with Crippen molar-refractivity contribution in [2.24, 2.45) is 11.3 Å². The summed E-state index contributed by atoms with van der Waals surface area (Å²) < 4.78 is 0. The standard InChI is InChI=1S/C23H20/c1-23(2,17-9-3-4-10-17)22-18-11-5-7-15-13-14-16-8-6-12-19(22)21(16)20(15)18/h3-7,9-14,17H,8H2,1-2H3. The third-order valence-corrected chi connectivity index (χ3v) is 5.79. The molecule has 3 aliphatic carbocycles. The molecule has 0 N–H and O–H groups in total. The molecular weight excluding hydrogens is 276 g/mol. The van der Waals surface area contributed by atoms with Crippen molar-refractivity contribution < 1.29 is 0 Å². The first-order chi connectivity index (χ1) is 11.2. The zero-order valence-electron chi connectivity index (χ0n) is 13.6. The fraction of sp³-hybridized carbons (Fsp3) is 0.217. The highest BCUT2D eigenvalue weighted by Gasteiger charge is 2.38. The lowest BCUT2D eigenvalue weighted by atomic mass is 9.70. The van der Waals surface area contributed by atoms with Gasteiger partial charge in [-0.1, -0.05) is 80.6 Å². The summed E-state index contributed by atoms with van der Waals surface area (Å²) in [6.45, 7) is 4.79. The lowest BCUT2D eigenvalue weighted by molar-refractivity contribution is 0.425. The van der Waals surface area contributed by atoms with Crippen LogP contribution in [0.3, 0.4) is 0 Å². The fourth-order valence-electron chi connectivity index (χ4n) is 4.62. The van der Waals surface area contributed by atoms with Crippen molar-refractivity contribution in [2.75, 3.05) is 0 Å². The molecule has 23 heavy (non-hydrogen) atoms. The van der Waals surface area contributed by atoms with Gasteiger partial charge in [0, 0.05) is 11.3 Å². The Labute approximate surface area is 137 Å². The maximum Gasteiger partial charge on any atom is 0.00449 e. The monoisotopic (exact) mass is 296 g/mol. The van der Waals surface area contributed by atoms with Crippen LogP contribution in [0.5, 0.6) is 0 Å². The predicted molar refractivity (Wildman–Crippen MR) is 99.2 cm³/mol. The van der Waals surface area contributed by atoms with Gasteiger partial charge in [0.1, 0.15) is 0 Å². The van der Waals surface area contributed by atoms with Gasteiger partial charge in [-0.2, -0.15) is 0 Å². The number of hydrogen-bond acceptors (Lipinski definition) is 0. The van der Waals surface area contributed by atoms with Crippen molar-refractivity contribution in [1.29, 1.82) is 0 Å². The van der Waals surface area contributed by atoms with Gasteiger partial charge in [0.25, 0.3) is 0 Å². The largest absolute Gasteiger partial charge is 0.0795 e. The average molecular weight is 296 g/mol. The first kappa shape index (κ1) is 13.1. The number of rotatable bonds is 2. The van der Waals surface area contributed by atoms with Crippen molar-refractivity contribution in [3.8, 4) is 0 Å². The van der Waals surface area contributed by atoms with Crippen LogP contribution in [0.15, 0.2) is 66.8 Å². The quantitative estimate of drug-likeness (QED) is 0.643. The van der Waals surface area contributed by atoms with E-state index >= 15 is 0 Å². The van der Waals surface area contributed by atoms with Gasteiger partial charge in [-0.15, -0.1) is 0 Å². The molecular formula is C23H20. The summed E-state index contributed by atoms with van der Waals surface area (Å²) in [5, 5.41) is 2.84. The van der Waals surface area contributed by atoms with Crippen molar-refractivity contribution in [3.63, 3.8) is 0 Å². The van der Waals surface area contributed by atoms with Gasteiger partial charge >= 0.3 is 0 Å². The average Bonchev–Trinajstić information content (AvgIpc) is 3.20. The fourth-order valence-corrected chi connectivity index (χ4v) is 4.62. The van der Waals surface area contributed by atoms with E-state index in [1.54, 1.807) is 0 Å². The van der Waals surface area contributed by atoms with Crippen LogP contribution in [0, 0.1) is 11.3 Å². The van der Waals surface area contributed by atoms with Gasteiger partial charge in [-0.3, -0.25) is 0 Å². The van der Waals surface area contributed by atoms with Crippen LogP contribution in [0.4, 0.5) is 0 Å². The number of benzene rings is 2. The van der Waals surface area contributed by atoms with E-state index in [1.807, 2.05) is 0 Å². The zero-order valence-corrected chi connectivity index (χ0v) is 13.6. The third-order valence-electron chi connectivity index (χ3n) is 5.79. The molecule has 0 heterocycles. The Morgan fingerprint density at radius 3 is 2.65 bits per heavy atom. The number of allylic oxidation sites excluding steroid dienone is 8. The lowest BCUT2D eigenvalue weighted by Crippen LogP contribution is -2.22. The van der Waals surface area contributed by atoms with Crippen molar-refractivity contribution in [1.82, 2.24) is 0 Å². The summed E-state index contributed by atoms with van der Waals surface area (Å²) >= 11 is 0. The van der Waals surface area contributed by atoms with Crippen LogP contribution in [-0.2, 0) is 6.42 Å². The summed E-state index contributed by atoms with van der Waals surface area (Å²) in [7, 11) is 0. The summed E-state index contributed by atoms with van der Waals surface area (Å²) in [5.74, 6) is 0.466. The van der Waals surface area contributed by atoms with Gasteiger partial charge < -0.3 is 0 Å². The van der Waals surface area contributed by atoms with Crippen LogP contribution in [0.1, 0.15) is 30.5 Å². The molecule has 3 aliphatic rings. The summed E-state index contributed by atoms with van der Waals surface area (Å²) in [4.78, 5) is 0. The summed E-state index contributed by atoms with van der Waals surface area (Å²) in [6, 6.07) is 11.4. The van der Waals surface area contributed by atoms with E-state index in [0.717, 1.165) is 6.42 Å². The van der Waals surface area contributed by atoms with E-state index in [4.69, 9.17) is 0 Å². The Morgan fingerprint density at radius 1 is 1.00 bits per heavy atom. The maximum atomic E-state index is 2.40. The van der Waals surface area contributed by atoms with Crippen LogP contribution in [-0.4, -0.2) is 0 Å². The molecule has 0 unspecified atom stereocenters. The molecule has 0 aromatic heterocycles. The predicted octanol–water partition coefficient (Wildman–Crippen LogP) is 5.94. The van der Waals surface area contributed by atoms with E-state index in [-0.39, 0.29) is 5.41 Å². The van der Waals surface area contributed by atoms with Gasteiger partial charge in [-0.05, 0) is 45.0 Å². The summed E-state index contributed by atoms with van der Waals surface area (Å²) in [6.07, 6.45) is 14.8. The molecule has 0 fully saturated rings. The van der Waals surface area contributed by atoms with E-state index < -0.39 is 0 Å². The second-order valence-corrected chi connectivity index (χ2v) is 7.42. The molecule has 5 rings (SSSR count). The highest BCUT2D eigenvalue weighted by Crippen LogP contribution is 2.55. The second-order valence-electron chi connectivity index (χ2n) is 7.42. The molecule has 0 aliphatic heterocycles. The van der Waals surface area contributed by atoms with Crippen molar-refractivity contribution >= 4 is 21.9 Å². The highest BCUT2D eigenvalue weighted by atomic mass is 14.4. The molecule has 0 spiro atoms. The Bertz CT molecular complexity index is 949. The first-order valence-electron chi connectivity index (χ1n) is 8.49. The van der Waals surface area contributed by atoms with Gasteiger partial charge in [0.2, 0.25) is 0 Å². The minimum Gasteiger partial charge on any atom is -0.0795 e.